The summed E-state index contributed by atoms with van der Waals surface area (Å²) in [6.07, 6.45) is 4.57. The highest BCUT2D eigenvalue weighted by Gasteiger charge is 2.27. The van der Waals surface area contributed by atoms with Crippen LogP contribution >= 0.6 is 0 Å². The Morgan fingerprint density at radius 1 is 1.21 bits per heavy atom. The van der Waals surface area contributed by atoms with Gasteiger partial charge in [-0.15, -0.1) is 0 Å². The number of carbonyl (C=O) groups is 2. The first-order valence-corrected chi connectivity index (χ1v) is 11.5. The number of amides is 1. The average Bonchev–Trinajstić information content (AvgIpc) is 3.25. The summed E-state index contributed by atoms with van der Waals surface area (Å²) >= 11 is 0. The number of rotatable bonds is 7. The molecule has 0 unspecified atom stereocenters. The number of benzene rings is 1. The molecule has 1 amide bonds. The van der Waals surface area contributed by atoms with Crippen LogP contribution in [-0.2, 0) is 24.3 Å². The molecule has 8 nitrogen and oxygen atoms in total. The molecule has 0 aliphatic carbocycles. The lowest BCUT2D eigenvalue weighted by Crippen LogP contribution is -2.36. The van der Waals surface area contributed by atoms with E-state index >= 15 is 0 Å². The van der Waals surface area contributed by atoms with Crippen molar-refractivity contribution in [1.82, 2.24) is 9.62 Å². The first-order valence-electron chi connectivity index (χ1n) is 10.0. The van der Waals surface area contributed by atoms with Gasteiger partial charge in [-0.2, -0.15) is 4.31 Å². The van der Waals surface area contributed by atoms with Crippen molar-refractivity contribution in [2.24, 2.45) is 0 Å². The van der Waals surface area contributed by atoms with Crippen molar-refractivity contribution in [1.29, 1.82) is 0 Å². The van der Waals surface area contributed by atoms with E-state index in [-0.39, 0.29) is 16.6 Å². The molecule has 29 heavy (non-hydrogen) atoms. The molecule has 0 aromatic heterocycles. The number of nitrogens with zero attached hydrogens (tertiary/aromatic N) is 1. The molecular weight excluding hydrogens is 396 g/mol. The third-order valence-corrected chi connectivity index (χ3v) is 7.16. The van der Waals surface area contributed by atoms with E-state index in [2.05, 4.69) is 5.32 Å². The van der Waals surface area contributed by atoms with Gasteiger partial charge in [-0.3, -0.25) is 4.79 Å². The molecule has 9 heteroatoms. The summed E-state index contributed by atoms with van der Waals surface area (Å²) in [4.78, 5) is 24.4. The van der Waals surface area contributed by atoms with Crippen LogP contribution in [0.5, 0.6) is 0 Å². The maximum atomic E-state index is 12.8. The lowest BCUT2D eigenvalue weighted by Gasteiger charge is -2.26. The minimum atomic E-state index is -3.65. The number of sulfonamides is 1. The van der Waals surface area contributed by atoms with Crippen LogP contribution in [0.1, 0.15) is 48.0 Å². The fourth-order valence-electron chi connectivity index (χ4n) is 3.53. The van der Waals surface area contributed by atoms with E-state index in [1.165, 1.54) is 16.4 Å². The van der Waals surface area contributed by atoms with Crippen molar-refractivity contribution in [2.45, 2.75) is 50.0 Å². The van der Waals surface area contributed by atoms with Crippen LogP contribution < -0.4 is 5.32 Å². The van der Waals surface area contributed by atoms with Crippen LogP contribution in [0.25, 0.3) is 0 Å². The lowest BCUT2D eigenvalue weighted by atomic mass is 10.1. The third kappa shape index (κ3) is 5.55. The maximum Gasteiger partial charge on any atom is 0.338 e. The predicted molar refractivity (Wildman–Crippen MR) is 106 cm³/mol. The van der Waals surface area contributed by atoms with Crippen molar-refractivity contribution < 1.29 is 27.5 Å². The molecule has 1 aromatic carbocycles. The normalized spacial score (nSPS) is 20.4. The van der Waals surface area contributed by atoms with E-state index in [1.807, 2.05) is 0 Å². The highest BCUT2D eigenvalue weighted by Crippen LogP contribution is 2.23. The topological polar surface area (TPSA) is 102 Å². The Kier molecular flexibility index (Phi) is 7.26. The van der Waals surface area contributed by atoms with Gasteiger partial charge < -0.3 is 14.8 Å². The minimum Gasteiger partial charge on any atom is -0.452 e. The smallest absolute Gasteiger partial charge is 0.338 e. The van der Waals surface area contributed by atoms with Gasteiger partial charge in [0.15, 0.2) is 6.61 Å². The van der Waals surface area contributed by atoms with Gasteiger partial charge in [0.25, 0.3) is 5.91 Å². The van der Waals surface area contributed by atoms with Crippen LogP contribution in [0.4, 0.5) is 0 Å². The fraction of sp³-hybridized carbons (Fsp3) is 0.600. The molecule has 0 radical (unpaired) electrons. The molecule has 2 saturated heterocycles. The summed E-state index contributed by atoms with van der Waals surface area (Å²) in [6, 6.07) is 4.43. The number of hydrogen-bond acceptors (Lipinski definition) is 6. The van der Waals surface area contributed by atoms with E-state index in [4.69, 9.17) is 9.47 Å². The Bertz CT molecular complexity index is 843. The Labute approximate surface area is 171 Å². The van der Waals surface area contributed by atoms with Gasteiger partial charge in [0.2, 0.25) is 10.0 Å². The highest BCUT2D eigenvalue weighted by molar-refractivity contribution is 7.89. The van der Waals surface area contributed by atoms with E-state index in [1.54, 1.807) is 13.0 Å². The summed E-state index contributed by atoms with van der Waals surface area (Å²) in [7, 11) is -3.65. The van der Waals surface area contributed by atoms with Crippen molar-refractivity contribution in [3.05, 3.63) is 29.3 Å². The number of esters is 1. The predicted octanol–water partition coefficient (Wildman–Crippen LogP) is 1.62. The molecule has 0 spiro atoms. The molecule has 2 aliphatic heterocycles. The summed E-state index contributed by atoms with van der Waals surface area (Å²) in [6.45, 7) is 3.34. The second-order valence-electron chi connectivity index (χ2n) is 7.46. The number of ether oxygens (including phenoxy) is 2. The van der Waals surface area contributed by atoms with Gasteiger partial charge in [-0.05, 0) is 50.3 Å². The quantitative estimate of drug-likeness (QED) is 0.668. The van der Waals surface area contributed by atoms with Gasteiger partial charge in [-0.25, -0.2) is 13.2 Å². The Morgan fingerprint density at radius 2 is 1.97 bits per heavy atom. The zero-order valence-corrected chi connectivity index (χ0v) is 17.5. The first kappa shape index (κ1) is 21.7. The molecule has 1 aromatic rings. The highest BCUT2D eigenvalue weighted by atomic mass is 32.2. The molecule has 3 rings (SSSR count). The van der Waals surface area contributed by atoms with Crippen LogP contribution in [-0.4, -0.2) is 63.6 Å². The third-order valence-electron chi connectivity index (χ3n) is 5.27. The Hall–Kier alpha value is -1.97. The number of aryl methyl sites for hydroxylation is 1. The second-order valence-corrected chi connectivity index (χ2v) is 9.39. The molecule has 0 bridgehead atoms. The number of hydrogen-bond donors (Lipinski definition) is 1. The van der Waals surface area contributed by atoms with Gasteiger partial charge >= 0.3 is 5.97 Å². The average molecular weight is 425 g/mol. The lowest BCUT2D eigenvalue weighted by molar-refractivity contribution is -0.124. The summed E-state index contributed by atoms with van der Waals surface area (Å²) in [5.41, 5.74) is 0.738. The SMILES string of the molecule is Cc1ccc(S(=O)(=O)N2CCCCC2)cc1C(=O)OCC(=O)NC[C@@H]1CCCO1. The number of nitrogens with one attached hydrogen (secondary N) is 1. The van der Waals surface area contributed by atoms with Crippen LogP contribution in [0.3, 0.4) is 0 Å². The van der Waals surface area contributed by atoms with Crippen molar-refractivity contribution in [2.75, 3.05) is 32.8 Å². The summed E-state index contributed by atoms with van der Waals surface area (Å²) < 4.78 is 37.7. The number of piperidine rings is 1. The molecule has 2 aliphatic rings. The largest absolute Gasteiger partial charge is 0.452 e. The molecule has 2 fully saturated rings. The maximum absolute atomic E-state index is 12.8. The molecule has 2 heterocycles. The van der Waals surface area contributed by atoms with E-state index in [0.717, 1.165) is 32.1 Å². The number of carbonyl (C=O) groups excluding carboxylic acids is 2. The van der Waals surface area contributed by atoms with Crippen LogP contribution in [0.15, 0.2) is 23.1 Å². The zero-order chi connectivity index (χ0) is 20.9. The van der Waals surface area contributed by atoms with Gasteiger partial charge in [0.05, 0.1) is 16.6 Å². The van der Waals surface area contributed by atoms with E-state index in [9.17, 15) is 18.0 Å². The zero-order valence-electron chi connectivity index (χ0n) is 16.7. The van der Waals surface area contributed by atoms with Crippen molar-refractivity contribution in [3.63, 3.8) is 0 Å². The van der Waals surface area contributed by atoms with Crippen LogP contribution in [0, 0.1) is 6.92 Å². The minimum absolute atomic E-state index is 0.00794. The van der Waals surface area contributed by atoms with Crippen molar-refractivity contribution >= 4 is 21.9 Å². The fourth-order valence-corrected chi connectivity index (χ4v) is 5.07. The summed E-state index contributed by atoms with van der Waals surface area (Å²) in [5, 5.41) is 2.68. The first-order chi connectivity index (χ1) is 13.9. The van der Waals surface area contributed by atoms with Gasteiger partial charge in [0.1, 0.15) is 0 Å². The molecule has 1 N–H and O–H groups in total. The summed E-state index contributed by atoms with van der Waals surface area (Å²) in [5.74, 6) is -1.13. The van der Waals surface area contributed by atoms with Gasteiger partial charge in [-0.1, -0.05) is 12.5 Å². The molecule has 160 valence electrons. The van der Waals surface area contributed by atoms with E-state index in [0.29, 0.717) is 31.8 Å². The molecule has 0 saturated carbocycles. The second kappa shape index (κ2) is 9.69. The Balaban J connectivity index is 1.61. The van der Waals surface area contributed by atoms with Gasteiger partial charge in [0, 0.05) is 26.2 Å². The standard InChI is InChI=1S/C20H28N2O6S/c1-15-7-8-17(29(25,26)22-9-3-2-4-10-22)12-18(15)20(24)28-14-19(23)21-13-16-6-5-11-27-16/h7-8,12,16H,2-6,9-11,13-14H2,1H3,(H,21,23)/t16-/m0/s1. The Morgan fingerprint density at radius 3 is 2.66 bits per heavy atom. The van der Waals surface area contributed by atoms with E-state index < -0.39 is 28.5 Å². The molecular formula is C20H28N2O6S. The molecule has 1 atom stereocenters. The van der Waals surface area contributed by atoms with Crippen LogP contribution in [0.2, 0.25) is 0 Å². The monoisotopic (exact) mass is 424 g/mol. The van der Waals surface area contributed by atoms with Crippen molar-refractivity contribution in [3.8, 4) is 0 Å².